The summed E-state index contributed by atoms with van der Waals surface area (Å²) in [7, 11) is -2.44. The summed E-state index contributed by atoms with van der Waals surface area (Å²) in [4.78, 5) is 31.2. The van der Waals surface area contributed by atoms with E-state index in [9.17, 15) is 18.0 Å². The number of hydrogen-bond acceptors (Lipinski definition) is 7. The number of imidazole rings is 1. The van der Waals surface area contributed by atoms with E-state index in [-0.39, 0.29) is 35.3 Å². The molecule has 0 saturated carbocycles. The first-order valence-electron chi connectivity index (χ1n) is 11.1. The number of sulfonamides is 1. The number of rotatable bonds is 10. The zero-order chi connectivity index (χ0) is 25.0. The van der Waals surface area contributed by atoms with Crippen LogP contribution in [0.5, 0.6) is 5.75 Å². The minimum Gasteiger partial charge on any atom is -0.493 e. The van der Waals surface area contributed by atoms with Crippen LogP contribution in [0.15, 0.2) is 27.9 Å². The van der Waals surface area contributed by atoms with Gasteiger partial charge in [-0.15, -0.1) is 5.10 Å². The number of aromatic nitrogens is 4. The average molecular weight is 491 g/mol. The molecule has 1 aromatic carbocycles. The number of likely N-dealkylation sites (N-methyl/N-ethyl adjacent to an activating group) is 1. The monoisotopic (exact) mass is 490 g/mol. The average Bonchev–Trinajstić information content (AvgIpc) is 3.09. The van der Waals surface area contributed by atoms with E-state index in [1.165, 1.54) is 30.6 Å². The maximum Gasteiger partial charge on any atom is 0.277 e. The van der Waals surface area contributed by atoms with E-state index >= 15 is 0 Å². The number of amides is 1. The van der Waals surface area contributed by atoms with Crippen LogP contribution in [0.25, 0.3) is 16.9 Å². The van der Waals surface area contributed by atoms with Gasteiger partial charge in [0.05, 0.1) is 22.8 Å². The second-order valence-corrected chi connectivity index (χ2v) is 9.87. The molecule has 0 unspecified atom stereocenters. The maximum atomic E-state index is 13.1. The van der Waals surface area contributed by atoms with Crippen molar-refractivity contribution in [2.75, 3.05) is 26.7 Å². The third-order valence-electron chi connectivity index (χ3n) is 5.23. The Kier molecular flexibility index (Phi) is 7.72. The van der Waals surface area contributed by atoms with E-state index in [4.69, 9.17) is 4.74 Å². The number of ether oxygens (including phenoxy) is 1. The molecule has 34 heavy (non-hydrogen) atoms. The molecule has 184 valence electrons. The Morgan fingerprint density at radius 3 is 2.68 bits per heavy atom. The van der Waals surface area contributed by atoms with E-state index in [1.807, 2.05) is 13.8 Å². The first-order valence-corrected chi connectivity index (χ1v) is 12.5. The third-order valence-corrected chi connectivity index (χ3v) is 7.08. The van der Waals surface area contributed by atoms with Crippen LogP contribution in [0.1, 0.15) is 38.7 Å². The van der Waals surface area contributed by atoms with Crippen molar-refractivity contribution >= 4 is 21.4 Å². The van der Waals surface area contributed by atoms with Gasteiger partial charge in [0.2, 0.25) is 15.9 Å². The van der Waals surface area contributed by atoms with Gasteiger partial charge in [-0.05, 0) is 38.5 Å². The minimum absolute atomic E-state index is 0.00890. The fraction of sp³-hybridized carbons (Fsp3) is 0.455. The van der Waals surface area contributed by atoms with Gasteiger partial charge < -0.3 is 15.0 Å². The van der Waals surface area contributed by atoms with Gasteiger partial charge in [0.15, 0.2) is 11.3 Å². The molecule has 3 aromatic rings. The van der Waals surface area contributed by atoms with Gasteiger partial charge in [0.25, 0.3) is 5.56 Å². The number of carbonyl (C=O) groups excluding carboxylic acids is 1. The molecule has 11 nitrogen and oxygen atoms in total. The molecular weight excluding hydrogens is 460 g/mol. The Labute approximate surface area is 198 Å². The van der Waals surface area contributed by atoms with Crippen LogP contribution in [-0.4, -0.2) is 65.0 Å². The molecule has 0 fully saturated rings. The van der Waals surface area contributed by atoms with Crippen LogP contribution in [0.4, 0.5) is 0 Å². The van der Waals surface area contributed by atoms with Crippen molar-refractivity contribution in [1.29, 1.82) is 0 Å². The lowest BCUT2D eigenvalue weighted by Crippen LogP contribution is -2.35. The fourth-order valence-corrected chi connectivity index (χ4v) is 4.77. The molecule has 0 spiro atoms. The Hall–Kier alpha value is -3.25. The van der Waals surface area contributed by atoms with Crippen molar-refractivity contribution in [3.8, 4) is 17.1 Å². The number of nitrogens with one attached hydrogen (secondary N) is 2. The first-order chi connectivity index (χ1) is 16.1. The predicted molar refractivity (Wildman–Crippen MR) is 127 cm³/mol. The number of aryl methyl sites for hydroxylation is 2. The highest BCUT2D eigenvalue weighted by atomic mass is 32.2. The molecule has 0 aliphatic carbocycles. The van der Waals surface area contributed by atoms with Crippen molar-refractivity contribution in [3.63, 3.8) is 0 Å². The zero-order valence-electron chi connectivity index (χ0n) is 20.0. The summed E-state index contributed by atoms with van der Waals surface area (Å²) in [6.07, 6.45) is 1.46. The standard InChI is InChI=1S/C22H30N6O5S/c1-6-8-19-24-14(3)20-22(30)25-21(26-28(19)20)17-13-16(9-10-18(17)33-7-2)34(31,32)27(5)12-11-23-15(4)29/h9-10,13H,6-8,11-12H2,1-5H3,(H,23,29)(H,25,26,30). The lowest BCUT2D eigenvalue weighted by Gasteiger charge is -2.18. The number of H-pyrrole nitrogens is 1. The normalized spacial score (nSPS) is 11.8. The predicted octanol–water partition coefficient (Wildman–Crippen LogP) is 1.50. The van der Waals surface area contributed by atoms with Crippen LogP contribution in [0.3, 0.4) is 0 Å². The summed E-state index contributed by atoms with van der Waals surface area (Å²) in [6.45, 7) is 7.55. The van der Waals surface area contributed by atoms with E-state index in [2.05, 4.69) is 20.4 Å². The van der Waals surface area contributed by atoms with Crippen LogP contribution < -0.4 is 15.6 Å². The maximum absolute atomic E-state index is 13.1. The lowest BCUT2D eigenvalue weighted by atomic mass is 10.2. The molecule has 0 aliphatic rings. The quantitative estimate of drug-likeness (QED) is 0.439. The number of carbonyl (C=O) groups is 1. The number of aromatic amines is 1. The second kappa shape index (κ2) is 10.3. The Morgan fingerprint density at radius 2 is 2.03 bits per heavy atom. The smallest absolute Gasteiger partial charge is 0.277 e. The topological polar surface area (TPSA) is 139 Å². The Bertz CT molecular complexity index is 1360. The van der Waals surface area contributed by atoms with Crippen LogP contribution >= 0.6 is 0 Å². The Morgan fingerprint density at radius 1 is 1.29 bits per heavy atom. The molecule has 2 N–H and O–H groups in total. The van der Waals surface area contributed by atoms with E-state index in [1.54, 1.807) is 13.0 Å². The largest absolute Gasteiger partial charge is 0.493 e. The fourth-order valence-electron chi connectivity index (χ4n) is 3.57. The molecule has 0 radical (unpaired) electrons. The van der Waals surface area contributed by atoms with Crippen LogP contribution in [-0.2, 0) is 21.2 Å². The molecule has 12 heteroatoms. The SMILES string of the molecule is CCCc1nc(C)c2c(=O)[nH]c(-c3cc(S(=O)(=O)N(C)CCNC(C)=O)ccc3OCC)nn12. The van der Waals surface area contributed by atoms with Crippen molar-refractivity contribution in [1.82, 2.24) is 29.2 Å². The van der Waals surface area contributed by atoms with E-state index < -0.39 is 10.0 Å². The molecule has 0 atom stereocenters. The summed E-state index contributed by atoms with van der Waals surface area (Å²) in [5.41, 5.74) is 0.893. The molecule has 1 amide bonds. The highest BCUT2D eigenvalue weighted by Crippen LogP contribution is 2.31. The van der Waals surface area contributed by atoms with Gasteiger partial charge in [0.1, 0.15) is 11.6 Å². The summed E-state index contributed by atoms with van der Waals surface area (Å²) in [5.74, 6) is 0.978. The van der Waals surface area contributed by atoms with Gasteiger partial charge in [-0.3, -0.25) is 9.59 Å². The van der Waals surface area contributed by atoms with Crippen molar-refractivity contribution in [3.05, 3.63) is 40.1 Å². The summed E-state index contributed by atoms with van der Waals surface area (Å²) < 4.78 is 34.7. The highest BCUT2D eigenvalue weighted by molar-refractivity contribution is 7.89. The van der Waals surface area contributed by atoms with Gasteiger partial charge >= 0.3 is 0 Å². The number of benzene rings is 1. The van der Waals surface area contributed by atoms with Gasteiger partial charge in [0, 0.05) is 33.5 Å². The lowest BCUT2D eigenvalue weighted by molar-refractivity contribution is -0.118. The summed E-state index contributed by atoms with van der Waals surface area (Å²) >= 11 is 0. The second-order valence-electron chi connectivity index (χ2n) is 7.83. The van der Waals surface area contributed by atoms with Gasteiger partial charge in [-0.25, -0.2) is 17.9 Å². The van der Waals surface area contributed by atoms with Crippen molar-refractivity contribution in [2.45, 2.75) is 45.4 Å². The first kappa shape index (κ1) is 25.4. The van der Waals surface area contributed by atoms with E-state index in [0.29, 0.717) is 41.4 Å². The number of fused-ring (bicyclic) bond motifs is 1. The molecule has 3 rings (SSSR count). The molecule has 0 saturated heterocycles. The van der Waals surface area contributed by atoms with Crippen LogP contribution in [0, 0.1) is 6.92 Å². The highest BCUT2D eigenvalue weighted by Gasteiger charge is 2.24. The van der Waals surface area contributed by atoms with Gasteiger partial charge in [-0.1, -0.05) is 6.92 Å². The summed E-state index contributed by atoms with van der Waals surface area (Å²) in [5, 5.41) is 7.17. The Balaban J connectivity index is 2.12. The molecular formula is C22H30N6O5S. The number of nitrogens with zero attached hydrogens (tertiary/aromatic N) is 4. The zero-order valence-corrected chi connectivity index (χ0v) is 20.8. The molecule has 0 bridgehead atoms. The molecule has 2 aromatic heterocycles. The number of hydrogen-bond donors (Lipinski definition) is 2. The van der Waals surface area contributed by atoms with E-state index in [0.717, 1.165) is 10.7 Å². The minimum atomic E-state index is -3.88. The van der Waals surface area contributed by atoms with Crippen molar-refractivity contribution < 1.29 is 17.9 Å². The van der Waals surface area contributed by atoms with Crippen LogP contribution in [0.2, 0.25) is 0 Å². The third kappa shape index (κ3) is 5.12. The van der Waals surface area contributed by atoms with Gasteiger partial charge in [-0.2, -0.15) is 4.31 Å². The summed E-state index contributed by atoms with van der Waals surface area (Å²) in [6, 6.07) is 4.42. The molecule has 0 aliphatic heterocycles. The molecule has 2 heterocycles. The van der Waals surface area contributed by atoms with Crippen molar-refractivity contribution in [2.24, 2.45) is 0 Å².